The van der Waals surface area contributed by atoms with Crippen LogP contribution in [0.1, 0.15) is 26.2 Å². The molecule has 0 saturated heterocycles. The molecule has 1 aliphatic rings. The summed E-state index contributed by atoms with van der Waals surface area (Å²) in [4.78, 5) is 4.15. The van der Waals surface area contributed by atoms with Gasteiger partial charge in [-0.05, 0) is 30.9 Å². The number of nitrogens with one attached hydrogen (secondary N) is 2. The number of guanidine groups is 1. The van der Waals surface area contributed by atoms with E-state index in [1.54, 1.807) is 7.05 Å². The first-order valence-corrected chi connectivity index (χ1v) is 7.69. The van der Waals surface area contributed by atoms with Gasteiger partial charge in [-0.15, -0.1) is 24.0 Å². The lowest BCUT2D eigenvalue weighted by molar-refractivity contribution is 0.304. The number of benzene rings is 1. The lowest BCUT2D eigenvalue weighted by Gasteiger charge is -2.12. The van der Waals surface area contributed by atoms with Crippen LogP contribution < -0.4 is 15.4 Å². The highest BCUT2D eigenvalue weighted by Gasteiger charge is 2.36. The Balaban J connectivity index is 0.00000264. The molecule has 0 aliphatic heterocycles. The van der Waals surface area contributed by atoms with Crippen LogP contribution in [-0.4, -0.2) is 32.2 Å². The summed E-state index contributed by atoms with van der Waals surface area (Å²) in [6.45, 7) is 2.95. The van der Waals surface area contributed by atoms with E-state index in [-0.39, 0.29) is 36.3 Å². The maximum absolute atomic E-state index is 13.4. The van der Waals surface area contributed by atoms with Crippen molar-refractivity contribution in [1.29, 1.82) is 0 Å². The largest absolute Gasteiger partial charge is 0.489 e. The Labute approximate surface area is 153 Å². The summed E-state index contributed by atoms with van der Waals surface area (Å²) in [6.07, 6.45) is 3.62. The predicted octanol–water partition coefficient (Wildman–Crippen LogP) is 3.32. The van der Waals surface area contributed by atoms with Crippen molar-refractivity contribution in [3.63, 3.8) is 0 Å². The van der Waals surface area contributed by atoms with Crippen molar-refractivity contribution in [2.45, 2.75) is 32.2 Å². The number of halogens is 3. The predicted molar refractivity (Wildman–Crippen MR) is 98.6 cm³/mol. The van der Waals surface area contributed by atoms with Crippen LogP contribution in [0.3, 0.4) is 0 Å². The Hall–Kier alpha value is -1.12. The fourth-order valence-electron chi connectivity index (χ4n) is 2.41. The SMILES string of the molecule is CCCC1CC1NC(=NC)NCCOc1ccc(F)cc1F.I. The molecule has 130 valence electrons. The summed E-state index contributed by atoms with van der Waals surface area (Å²) in [5.41, 5.74) is 0. The third-order valence-electron chi connectivity index (χ3n) is 3.67. The van der Waals surface area contributed by atoms with Crippen molar-refractivity contribution in [2.75, 3.05) is 20.2 Å². The van der Waals surface area contributed by atoms with E-state index < -0.39 is 11.6 Å². The van der Waals surface area contributed by atoms with Crippen LogP contribution in [-0.2, 0) is 0 Å². The Bertz CT molecular complexity index is 528. The number of hydrogen-bond acceptors (Lipinski definition) is 2. The molecule has 0 spiro atoms. The van der Waals surface area contributed by atoms with Crippen LogP contribution in [0.15, 0.2) is 23.2 Å². The third-order valence-corrected chi connectivity index (χ3v) is 3.67. The number of aliphatic imine (C=N–C) groups is 1. The summed E-state index contributed by atoms with van der Waals surface area (Å²) in [7, 11) is 1.72. The van der Waals surface area contributed by atoms with Crippen molar-refractivity contribution in [1.82, 2.24) is 10.6 Å². The van der Waals surface area contributed by atoms with Gasteiger partial charge >= 0.3 is 0 Å². The van der Waals surface area contributed by atoms with Crippen molar-refractivity contribution in [3.8, 4) is 5.75 Å². The first kappa shape index (κ1) is 19.9. The van der Waals surface area contributed by atoms with Crippen LogP contribution in [0, 0.1) is 17.6 Å². The average molecular weight is 439 g/mol. The molecule has 23 heavy (non-hydrogen) atoms. The van der Waals surface area contributed by atoms with Crippen LogP contribution in [0.4, 0.5) is 8.78 Å². The van der Waals surface area contributed by atoms with E-state index in [4.69, 9.17) is 4.74 Å². The Morgan fingerprint density at radius 3 is 2.83 bits per heavy atom. The van der Waals surface area contributed by atoms with Gasteiger partial charge in [-0.3, -0.25) is 4.99 Å². The molecule has 1 aromatic rings. The molecule has 2 unspecified atom stereocenters. The molecule has 2 atom stereocenters. The van der Waals surface area contributed by atoms with E-state index in [1.165, 1.54) is 31.4 Å². The molecule has 1 saturated carbocycles. The lowest BCUT2D eigenvalue weighted by Crippen LogP contribution is -2.40. The number of hydrogen-bond donors (Lipinski definition) is 2. The van der Waals surface area contributed by atoms with E-state index in [2.05, 4.69) is 22.5 Å². The zero-order valence-corrected chi connectivity index (χ0v) is 15.8. The van der Waals surface area contributed by atoms with Gasteiger partial charge in [-0.25, -0.2) is 8.78 Å². The van der Waals surface area contributed by atoms with Gasteiger partial charge < -0.3 is 15.4 Å². The highest BCUT2D eigenvalue weighted by Crippen LogP contribution is 2.34. The second-order valence-corrected chi connectivity index (χ2v) is 5.46. The van der Waals surface area contributed by atoms with E-state index in [1.807, 2.05) is 0 Å². The third kappa shape index (κ3) is 6.48. The van der Waals surface area contributed by atoms with Gasteiger partial charge in [0, 0.05) is 19.2 Å². The van der Waals surface area contributed by atoms with Crippen molar-refractivity contribution in [3.05, 3.63) is 29.8 Å². The van der Waals surface area contributed by atoms with Gasteiger partial charge in [0.25, 0.3) is 0 Å². The normalized spacial score (nSPS) is 19.7. The quantitative estimate of drug-likeness (QED) is 0.297. The number of ether oxygens (including phenoxy) is 1. The maximum atomic E-state index is 13.4. The average Bonchev–Trinajstić information content (AvgIpc) is 3.22. The van der Waals surface area contributed by atoms with Crippen LogP contribution in [0.25, 0.3) is 0 Å². The highest BCUT2D eigenvalue weighted by atomic mass is 127. The molecular weight excluding hydrogens is 415 g/mol. The minimum absolute atomic E-state index is 0. The molecule has 7 heteroatoms. The minimum atomic E-state index is -0.692. The second kappa shape index (κ2) is 9.89. The molecular formula is C16H24F2IN3O. The van der Waals surface area contributed by atoms with Gasteiger partial charge in [0.05, 0.1) is 6.54 Å². The Morgan fingerprint density at radius 1 is 1.39 bits per heavy atom. The molecule has 1 aliphatic carbocycles. The highest BCUT2D eigenvalue weighted by molar-refractivity contribution is 14.0. The Morgan fingerprint density at radius 2 is 2.17 bits per heavy atom. The second-order valence-electron chi connectivity index (χ2n) is 5.46. The van der Waals surface area contributed by atoms with Crippen LogP contribution >= 0.6 is 24.0 Å². The van der Waals surface area contributed by atoms with Crippen LogP contribution in [0.2, 0.25) is 0 Å². The maximum Gasteiger partial charge on any atom is 0.191 e. The molecule has 0 heterocycles. The first-order chi connectivity index (χ1) is 10.6. The van der Waals surface area contributed by atoms with Gasteiger partial charge in [-0.2, -0.15) is 0 Å². The van der Waals surface area contributed by atoms with Crippen LogP contribution in [0.5, 0.6) is 5.75 Å². The van der Waals surface area contributed by atoms with Crippen molar-refractivity contribution in [2.24, 2.45) is 10.9 Å². The molecule has 1 aromatic carbocycles. The summed E-state index contributed by atoms with van der Waals surface area (Å²) in [5, 5.41) is 6.47. The lowest BCUT2D eigenvalue weighted by atomic mass is 10.2. The standard InChI is InChI=1S/C16H23F2N3O.HI/c1-3-4-11-9-14(11)21-16(19-2)20-7-8-22-15-6-5-12(17)10-13(15)18;/h5-6,10-11,14H,3-4,7-9H2,1-2H3,(H2,19,20,21);1H. The summed E-state index contributed by atoms with van der Waals surface area (Å²) >= 11 is 0. The van der Waals surface area contributed by atoms with Gasteiger partial charge in [0.1, 0.15) is 12.4 Å². The zero-order chi connectivity index (χ0) is 15.9. The summed E-state index contributed by atoms with van der Waals surface area (Å²) in [5.74, 6) is 0.220. The summed E-state index contributed by atoms with van der Waals surface area (Å²) < 4.78 is 31.4. The smallest absolute Gasteiger partial charge is 0.191 e. The van der Waals surface area contributed by atoms with Gasteiger partial charge in [0.15, 0.2) is 17.5 Å². The molecule has 0 aromatic heterocycles. The molecule has 2 N–H and O–H groups in total. The zero-order valence-electron chi connectivity index (χ0n) is 13.4. The topological polar surface area (TPSA) is 45.7 Å². The number of nitrogens with zero attached hydrogens (tertiary/aromatic N) is 1. The summed E-state index contributed by atoms with van der Waals surface area (Å²) in [6, 6.07) is 3.77. The molecule has 0 radical (unpaired) electrons. The van der Waals surface area contributed by atoms with Gasteiger partial charge in [-0.1, -0.05) is 13.3 Å². The van der Waals surface area contributed by atoms with E-state index in [0.717, 1.165) is 17.9 Å². The van der Waals surface area contributed by atoms with Gasteiger partial charge in [0.2, 0.25) is 0 Å². The first-order valence-electron chi connectivity index (χ1n) is 7.69. The molecule has 1 fully saturated rings. The van der Waals surface area contributed by atoms with Crippen molar-refractivity contribution >= 4 is 29.9 Å². The van der Waals surface area contributed by atoms with E-state index >= 15 is 0 Å². The fraction of sp³-hybridized carbons (Fsp3) is 0.562. The van der Waals surface area contributed by atoms with E-state index in [9.17, 15) is 8.78 Å². The molecule has 0 bridgehead atoms. The Kier molecular flexibility index (Phi) is 8.57. The molecule has 4 nitrogen and oxygen atoms in total. The minimum Gasteiger partial charge on any atom is -0.489 e. The van der Waals surface area contributed by atoms with Crippen molar-refractivity contribution < 1.29 is 13.5 Å². The monoisotopic (exact) mass is 439 g/mol. The molecule has 0 amide bonds. The fourth-order valence-corrected chi connectivity index (χ4v) is 2.41. The van der Waals surface area contributed by atoms with E-state index in [0.29, 0.717) is 12.6 Å². The number of rotatable bonds is 7. The molecule has 2 rings (SSSR count).